The first-order valence-corrected chi connectivity index (χ1v) is 11.7. The molecule has 1 heterocycles. The van der Waals surface area contributed by atoms with Gasteiger partial charge in [-0.25, -0.2) is 4.79 Å². The predicted molar refractivity (Wildman–Crippen MR) is 128 cm³/mol. The molecule has 2 aromatic rings. The highest BCUT2D eigenvalue weighted by Gasteiger charge is 2.31. The molecule has 35 heavy (non-hydrogen) atoms. The third kappa shape index (κ3) is 5.62. The molecule has 0 saturated carbocycles. The van der Waals surface area contributed by atoms with Crippen molar-refractivity contribution in [2.45, 2.75) is 43.7 Å². The molecular weight excluding hydrogens is 450 g/mol. The van der Waals surface area contributed by atoms with Crippen LogP contribution >= 0.6 is 0 Å². The fraction of sp³-hybridized carbons (Fsp3) is 0.385. The summed E-state index contributed by atoms with van der Waals surface area (Å²) < 4.78 is 5.52. The van der Waals surface area contributed by atoms with Crippen LogP contribution in [-0.2, 0) is 19.1 Å². The molecule has 0 radical (unpaired) electrons. The highest BCUT2D eigenvalue weighted by atomic mass is 16.5. The van der Waals surface area contributed by atoms with Crippen molar-refractivity contribution in [1.29, 1.82) is 0 Å². The lowest BCUT2D eigenvalue weighted by Crippen LogP contribution is -2.54. The van der Waals surface area contributed by atoms with Crippen LogP contribution in [-0.4, -0.2) is 66.2 Å². The highest BCUT2D eigenvalue weighted by Crippen LogP contribution is 2.44. The summed E-state index contributed by atoms with van der Waals surface area (Å²) in [6.45, 7) is 0.448. The average molecular weight is 480 g/mol. The van der Waals surface area contributed by atoms with Crippen molar-refractivity contribution in [3.8, 4) is 11.1 Å². The highest BCUT2D eigenvalue weighted by molar-refractivity contribution is 5.87. The molecule has 2 unspecified atom stereocenters. The number of hydrogen-bond donors (Lipinski definition) is 3. The normalized spacial score (nSPS) is 17.8. The van der Waals surface area contributed by atoms with E-state index in [9.17, 15) is 19.2 Å². The van der Waals surface area contributed by atoms with Gasteiger partial charge in [0.2, 0.25) is 11.8 Å². The number of nitrogens with zero attached hydrogens (tertiary/aromatic N) is 1. The SMILES string of the molecule is CN1CC(NC(=O)C(CCC(=O)O)NC(=O)OCC2c3ccccc3-c3ccccc32)CCC1=O. The Morgan fingerprint density at radius 1 is 1.09 bits per heavy atom. The van der Waals surface area contributed by atoms with Crippen molar-refractivity contribution in [3.63, 3.8) is 0 Å². The van der Waals surface area contributed by atoms with Crippen LogP contribution in [0.4, 0.5) is 4.79 Å². The Balaban J connectivity index is 1.39. The standard InChI is InChI=1S/C26H29N3O6/c1-29-14-16(10-12-23(29)30)27-25(33)22(11-13-24(31)32)28-26(34)35-15-21-19-8-4-2-6-17(19)18-7-3-5-9-20(18)21/h2-9,16,21-22H,10-15H2,1H3,(H,27,33)(H,28,34)(H,31,32). The van der Waals surface area contributed by atoms with Gasteiger partial charge >= 0.3 is 12.1 Å². The number of carboxylic acids is 1. The molecule has 9 heteroatoms. The van der Waals surface area contributed by atoms with Crippen LogP contribution in [0.5, 0.6) is 0 Å². The largest absolute Gasteiger partial charge is 0.481 e. The molecule has 1 fully saturated rings. The third-order valence-corrected chi connectivity index (χ3v) is 6.57. The number of amides is 3. The zero-order valence-electron chi connectivity index (χ0n) is 19.5. The Bertz CT molecular complexity index is 1090. The molecule has 3 N–H and O–H groups in total. The van der Waals surface area contributed by atoms with E-state index in [2.05, 4.69) is 10.6 Å². The van der Waals surface area contributed by atoms with Crippen LogP contribution in [0.1, 0.15) is 42.7 Å². The van der Waals surface area contributed by atoms with Crippen LogP contribution in [0.2, 0.25) is 0 Å². The zero-order chi connectivity index (χ0) is 24.9. The van der Waals surface area contributed by atoms with Gasteiger partial charge in [0.25, 0.3) is 0 Å². The van der Waals surface area contributed by atoms with E-state index in [1.807, 2.05) is 48.5 Å². The van der Waals surface area contributed by atoms with E-state index >= 15 is 0 Å². The van der Waals surface area contributed by atoms with E-state index in [-0.39, 0.29) is 37.3 Å². The zero-order valence-corrected chi connectivity index (χ0v) is 19.5. The van der Waals surface area contributed by atoms with Gasteiger partial charge in [-0.3, -0.25) is 14.4 Å². The fourth-order valence-corrected chi connectivity index (χ4v) is 4.75. The van der Waals surface area contributed by atoms with Crippen molar-refractivity contribution in [3.05, 3.63) is 59.7 Å². The first-order valence-electron chi connectivity index (χ1n) is 11.7. The summed E-state index contributed by atoms with van der Waals surface area (Å²) in [6, 6.07) is 14.6. The molecule has 1 aliphatic carbocycles. The summed E-state index contributed by atoms with van der Waals surface area (Å²) in [7, 11) is 1.66. The Labute approximate surface area is 203 Å². The van der Waals surface area contributed by atoms with E-state index in [4.69, 9.17) is 9.84 Å². The van der Waals surface area contributed by atoms with Crippen molar-refractivity contribution >= 4 is 23.9 Å². The van der Waals surface area contributed by atoms with Crippen LogP contribution in [0, 0.1) is 0 Å². The molecule has 9 nitrogen and oxygen atoms in total. The maximum absolute atomic E-state index is 12.9. The Hall–Kier alpha value is -3.88. The van der Waals surface area contributed by atoms with Gasteiger partial charge in [-0.15, -0.1) is 0 Å². The van der Waals surface area contributed by atoms with Crippen LogP contribution in [0.15, 0.2) is 48.5 Å². The number of carbonyl (C=O) groups is 4. The smallest absolute Gasteiger partial charge is 0.407 e. The third-order valence-electron chi connectivity index (χ3n) is 6.57. The number of benzene rings is 2. The lowest BCUT2D eigenvalue weighted by molar-refractivity contribution is -0.138. The molecule has 3 amide bonds. The maximum Gasteiger partial charge on any atom is 0.407 e. The van der Waals surface area contributed by atoms with Crippen molar-refractivity contribution in [1.82, 2.24) is 15.5 Å². The molecule has 1 aliphatic heterocycles. The lowest BCUT2D eigenvalue weighted by Gasteiger charge is -2.31. The molecule has 0 spiro atoms. The number of aliphatic carboxylic acids is 1. The molecule has 0 bridgehead atoms. The summed E-state index contributed by atoms with van der Waals surface area (Å²) in [5.41, 5.74) is 4.34. The van der Waals surface area contributed by atoms with Crippen LogP contribution in [0.25, 0.3) is 11.1 Å². The number of nitrogens with one attached hydrogen (secondary N) is 2. The number of likely N-dealkylation sites (N-methyl/N-ethyl adjacent to an activating group) is 1. The van der Waals surface area contributed by atoms with Gasteiger partial charge in [0.1, 0.15) is 12.6 Å². The minimum atomic E-state index is -1.07. The number of rotatable bonds is 8. The van der Waals surface area contributed by atoms with E-state index in [0.29, 0.717) is 19.4 Å². The number of carboxylic acid groups (broad SMARTS) is 1. The molecular formula is C26H29N3O6. The Morgan fingerprint density at radius 2 is 1.71 bits per heavy atom. The van der Waals surface area contributed by atoms with Gasteiger partial charge in [0.05, 0.1) is 0 Å². The van der Waals surface area contributed by atoms with Crippen molar-refractivity contribution < 1.29 is 29.0 Å². The Kier molecular flexibility index (Phi) is 7.33. The minimum absolute atomic E-state index is 0.00897. The molecule has 2 aromatic carbocycles. The van der Waals surface area contributed by atoms with Crippen molar-refractivity contribution in [2.75, 3.05) is 20.2 Å². The fourth-order valence-electron chi connectivity index (χ4n) is 4.75. The first kappa shape index (κ1) is 24.3. The number of carbonyl (C=O) groups excluding carboxylic acids is 3. The second kappa shape index (κ2) is 10.6. The van der Waals surface area contributed by atoms with E-state index < -0.39 is 24.0 Å². The van der Waals surface area contributed by atoms with E-state index in [1.165, 1.54) is 0 Å². The van der Waals surface area contributed by atoms with Gasteiger partial charge in [0.15, 0.2) is 0 Å². The summed E-state index contributed by atoms with van der Waals surface area (Å²) >= 11 is 0. The van der Waals surface area contributed by atoms with Gasteiger partial charge < -0.3 is 25.4 Å². The number of ether oxygens (including phenoxy) is 1. The molecule has 4 rings (SSSR count). The molecule has 184 valence electrons. The van der Waals surface area contributed by atoms with Crippen LogP contribution in [0.3, 0.4) is 0 Å². The molecule has 2 atom stereocenters. The van der Waals surface area contributed by atoms with Gasteiger partial charge in [0, 0.05) is 38.4 Å². The molecule has 2 aliphatic rings. The van der Waals surface area contributed by atoms with Crippen molar-refractivity contribution in [2.24, 2.45) is 0 Å². The van der Waals surface area contributed by atoms with Gasteiger partial charge in [-0.1, -0.05) is 48.5 Å². The second-order valence-electron chi connectivity index (χ2n) is 8.97. The summed E-state index contributed by atoms with van der Waals surface area (Å²) in [4.78, 5) is 49.8. The average Bonchev–Trinajstić information content (AvgIpc) is 3.16. The maximum atomic E-state index is 12.9. The summed E-state index contributed by atoms with van der Waals surface area (Å²) in [5, 5.41) is 14.4. The lowest BCUT2D eigenvalue weighted by atomic mass is 9.98. The van der Waals surface area contributed by atoms with E-state index in [0.717, 1.165) is 22.3 Å². The summed E-state index contributed by atoms with van der Waals surface area (Å²) in [5.74, 6) is -1.68. The first-order chi connectivity index (χ1) is 16.8. The quantitative estimate of drug-likeness (QED) is 0.534. The summed E-state index contributed by atoms with van der Waals surface area (Å²) in [6.07, 6.45) is -0.335. The number of alkyl carbamates (subject to hydrolysis) is 1. The number of fused-ring (bicyclic) bond motifs is 3. The number of hydrogen-bond acceptors (Lipinski definition) is 5. The number of likely N-dealkylation sites (tertiary alicyclic amines) is 1. The predicted octanol–water partition coefficient (Wildman–Crippen LogP) is 2.50. The van der Waals surface area contributed by atoms with Gasteiger partial charge in [-0.2, -0.15) is 0 Å². The molecule has 1 saturated heterocycles. The monoisotopic (exact) mass is 479 g/mol. The van der Waals surface area contributed by atoms with Gasteiger partial charge in [-0.05, 0) is 35.1 Å². The van der Waals surface area contributed by atoms with E-state index in [1.54, 1.807) is 11.9 Å². The topological polar surface area (TPSA) is 125 Å². The molecule has 0 aromatic heterocycles. The number of piperidine rings is 1. The second-order valence-corrected chi connectivity index (χ2v) is 8.97. The van der Waals surface area contributed by atoms with Crippen LogP contribution < -0.4 is 10.6 Å². The Morgan fingerprint density at radius 3 is 2.31 bits per heavy atom. The minimum Gasteiger partial charge on any atom is -0.481 e.